The van der Waals surface area contributed by atoms with Crippen molar-refractivity contribution in [1.29, 1.82) is 0 Å². The molecule has 1 heterocycles. The third-order valence-corrected chi connectivity index (χ3v) is 4.21. The predicted octanol–water partition coefficient (Wildman–Crippen LogP) is 3.69. The number of hydrogen-bond acceptors (Lipinski definition) is 2. The molecule has 1 aliphatic rings. The fraction of sp³-hybridized carbons (Fsp3) is 0.235. The van der Waals surface area contributed by atoms with Crippen molar-refractivity contribution < 1.29 is 0 Å². The molecule has 20 heavy (non-hydrogen) atoms. The van der Waals surface area contributed by atoms with Crippen LogP contribution >= 0.6 is 0 Å². The van der Waals surface area contributed by atoms with Crippen LogP contribution in [0.15, 0.2) is 36.4 Å². The fourth-order valence-electron chi connectivity index (χ4n) is 3.13. The molecule has 3 aromatic rings. The average molecular weight is 263 g/mol. The number of hydrogen-bond donors (Lipinski definition) is 2. The van der Waals surface area contributed by atoms with Crippen molar-refractivity contribution in [1.82, 2.24) is 10.2 Å². The summed E-state index contributed by atoms with van der Waals surface area (Å²) in [5.74, 6) is 0. The Morgan fingerprint density at radius 3 is 2.70 bits per heavy atom. The minimum Gasteiger partial charge on any atom is -0.399 e. The molecular formula is C17H17N3. The number of aryl methyl sites for hydroxylation is 2. The Balaban J connectivity index is 1.88. The molecule has 0 bridgehead atoms. The van der Waals surface area contributed by atoms with Crippen LogP contribution < -0.4 is 5.73 Å². The Kier molecular flexibility index (Phi) is 2.52. The normalized spacial score (nSPS) is 14.4. The zero-order valence-electron chi connectivity index (χ0n) is 11.3. The molecule has 4 rings (SSSR count). The molecule has 0 spiro atoms. The van der Waals surface area contributed by atoms with Crippen molar-refractivity contribution in [2.24, 2.45) is 0 Å². The van der Waals surface area contributed by atoms with Crippen molar-refractivity contribution in [3.63, 3.8) is 0 Å². The van der Waals surface area contributed by atoms with Crippen LogP contribution in [0.3, 0.4) is 0 Å². The van der Waals surface area contributed by atoms with E-state index in [1.165, 1.54) is 42.4 Å². The van der Waals surface area contributed by atoms with E-state index in [0.29, 0.717) is 0 Å². The van der Waals surface area contributed by atoms with Crippen LogP contribution in [0.1, 0.15) is 24.0 Å². The summed E-state index contributed by atoms with van der Waals surface area (Å²) in [6.07, 6.45) is 5.01. The van der Waals surface area contributed by atoms with Crippen LogP contribution in [0.2, 0.25) is 0 Å². The number of nitrogen functional groups attached to an aromatic ring is 1. The zero-order chi connectivity index (χ0) is 13.5. The molecule has 2 aromatic carbocycles. The summed E-state index contributed by atoms with van der Waals surface area (Å²) < 4.78 is 0. The summed E-state index contributed by atoms with van der Waals surface area (Å²) in [7, 11) is 0. The lowest BCUT2D eigenvalue weighted by Gasteiger charge is -2.16. The molecule has 3 heteroatoms. The van der Waals surface area contributed by atoms with E-state index in [0.717, 1.165) is 22.3 Å². The van der Waals surface area contributed by atoms with Crippen molar-refractivity contribution in [2.45, 2.75) is 25.7 Å². The highest BCUT2D eigenvalue weighted by Crippen LogP contribution is 2.31. The summed E-state index contributed by atoms with van der Waals surface area (Å²) in [5, 5.41) is 8.66. The molecule has 0 unspecified atom stereocenters. The van der Waals surface area contributed by atoms with E-state index in [1.54, 1.807) is 0 Å². The van der Waals surface area contributed by atoms with Gasteiger partial charge in [-0.15, -0.1) is 0 Å². The highest BCUT2D eigenvalue weighted by molar-refractivity contribution is 5.94. The number of anilines is 1. The highest BCUT2D eigenvalue weighted by atomic mass is 15.1. The molecule has 0 saturated heterocycles. The molecule has 3 N–H and O–H groups in total. The van der Waals surface area contributed by atoms with Gasteiger partial charge < -0.3 is 5.73 Å². The number of nitrogens with one attached hydrogen (secondary N) is 1. The number of nitrogens with two attached hydrogens (primary N) is 1. The summed E-state index contributed by atoms with van der Waals surface area (Å²) >= 11 is 0. The average Bonchev–Trinajstić information content (AvgIpc) is 2.89. The van der Waals surface area contributed by atoms with E-state index in [4.69, 9.17) is 5.73 Å². The maximum absolute atomic E-state index is 5.90. The zero-order valence-corrected chi connectivity index (χ0v) is 11.3. The standard InChI is InChI=1S/C17H17N3/c18-14-7-8-16-15(10-14)17(20-19-16)13-6-5-11-3-1-2-4-12(11)9-13/h5-10H,1-4,18H2,(H,19,20). The molecule has 3 nitrogen and oxygen atoms in total. The molecule has 1 aliphatic carbocycles. The lowest BCUT2D eigenvalue weighted by atomic mass is 9.89. The van der Waals surface area contributed by atoms with E-state index >= 15 is 0 Å². The number of aromatic amines is 1. The first-order chi connectivity index (χ1) is 9.81. The van der Waals surface area contributed by atoms with Gasteiger partial charge in [-0.2, -0.15) is 5.10 Å². The van der Waals surface area contributed by atoms with Gasteiger partial charge in [0.25, 0.3) is 0 Å². The van der Waals surface area contributed by atoms with Crippen LogP contribution in [-0.2, 0) is 12.8 Å². The molecular weight excluding hydrogens is 246 g/mol. The van der Waals surface area contributed by atoms with Gasteiger partial charge in [0.2, 0.25) is 0 Å². The van der Waals surface area contributed by atoms with E-state index in [1.807, 2.05) is 18.2 Å². The van der Waals surface area contributed by atoms with Crippen molar-refractivity contribution in [3.05, 3.63) is 47.5 Å². The number of rotatable bonds is 1. The number of nitrogens with zero attached hydrogens (tertiary/aromatic N) is 1. The van der Waals surface area contributed by atoms with Gasteiger partial charge in [-0.05, 0) is 61.1 Å². The van der Waals surface area contributed by atoms with Gasteiger partial charge in [-0.1, -0.05) is 12.1 Å². The number of aromatic nitrogens is 2. The lowest BCUT2D eigenvalue weighted by Crippen LogP contribution is -2.02. The van der Waals surface area contributed by atoms with E-state index in [-0.39, 0.29) is 0 Å². The van der Waals surface area contributed by atoms with Gasteiger partial charge in [0, 0.05) is 16.6 Å². The molecule has 1 aromatic heterocycles. The van der Waals surface area contributed by atoms with Crippen LogP contribution in [0.25, 0.3) is 22.2 Å². The Labute approximate surface area is 117 Å². The van der Waals surface area contributed by atoms with E-state index in [9.17, 15) is 0 Å². The Morgan fingerprint density at radius 1 is 0.950 bits per heavy atom. The maximum Gasteiger partial charge on any atom is 0.1000 e. The molecule has 100 valence electrons. The monoisotopic (exact) mass is 263 g/mol. The maximum atomic E-state index is 5.90. The third-order valence-electron chi connectivity index (χ3n) is 4.21. The van der Waals surface area contributed by atoms with E-state index in [2.05, 4.69) is 28.4 Å². The van der Waals surface area contributed by atoms with Gasteiger partial charge in [0.1, 0.15) is 0 Å². The fourth-order valence-corrected chi connectivity index (χ4v) is 3.13. The van der Waals surface area contributed by atoms with Crippen molar-refractivity contribution >= 4 is 16.6 Å². The first-order valence-corrected chi connectivity index (χ1v) is 7.17. The molecule has 0 aliphatic heterocycles. The van der Waals surface area contributed by atoms with Gasteiger partial charge in [0.05, 0.1) is 11.2 Å². The molecule has 0 amide bonds. The summed E-state index contributed by atoms with van der Waals surface area (Å²) in [4.78, 5) is 0. The first kappa shape index (κ1) is 11.5. The molecule has 0 fully saturated rings. The molecule has 0 atom stereocenters. The molecule has 0 radical (unpaired) electrons. The van der Waals surface area contributed by atoms with Gasteiger partial charge in [-0.25, -0.2) is 0 Å². The Hall–Kier alpha value is -2.29. The third kappa shape index (κ3) is 1.78. The van der Waals surface area contributed by atoms with Gasteiger partial charge in [0.15, 0.2) is 0 Å². The van der Waals surface area contributed by atoms with Crippen LogP contribution in [0, 0.1) is 0 Å². The minimum atomic E-state index is 0.776. The van der Waals surface area contributed by atoms with Crippen molar-refractivity contribution in [2.75, 3.05) is 5.73 Å². The summed E-state index contributed by atoms with van der Waals surface area (Å²) in [6.45, 7) is 0. The first-order valence-electron chi connectivity index (χ1n) is 7.17. The number of benzene rings is 2. The second-order valence-corrected chi connectivity index (χ2v) is 5.57. The predicted molar refractivity (Wildman–Crippen MR) is 82.6 cm³/mol. The number of H-pyrrole nitrogens is 1. The second kappa shape index (κ2) is 4.37. The Morgan fingerprint density at radius 2 is 1.80 bits per heavy atom. The summed E-state index contributed by atoms with van der Waals surface area (Å²) in [5.41, 5.74) is 12.9. The van der Waals surface area contributed by atoms with Crippen LogP contribution in [0.4, 0.5) is 5.69 Å². The molecule has 0 saturated carbocycles. The largest absolute Gasteiger partial charge is 0.399 e. The number of fused-ring (bicyclic) bond motifs is 2. The smallest absolute Gasteiger partial charge is 0.1000 e. The minimum absolute atomic E-state index is 0.776. The Bertz CT molecular complexity index is 786. The van der Waals surface area contributed by atoms with Gasteiger partial charge >= 0.3 is 0 Å². The van der Waals surface area contributed by atoms with Crippen LogP contribution in [-0.4, -0.2) is 10.2 Å². The summed E-state index contributed by atoms with van der Waals surface area (Å²) in [6, 6.07) is 12.6. The quantitative estimate of drug-likeness (QED) is 0.658. The van der Waals surface area contributed by atoms with Crippen LogP contribution in [0.5, 0.6) is 0 Å². The van der Waals surface area contributed by atoms with E-state index < -0.39 is 0 Å². The highest BCUT2D eigenvalue weighted by Gasteiger charge is 2.13. The second-order valence-electron chi connectivity index (χ2n) is 5.57. The topological polar surface area (TPSA) is 54.7 Å². The van der Waals surface area contributed by atoms with Gasteiger partial charge in [-0.3, -0.25) is 5.10 Å². The lowest BCUT2D eigenvalue weighted by molar-refractivity contribution is 0.686. The SMILES string of the molecule is Nc1ccc2[nH]nc(-c3ccc4c(c3)CCCC4)c2c1. The van der Waals surface area contributed by atoms with Crippen molar-refractivity contribution in [3.8, 4) is 11.3 Å².